The van der Waals surface area contributed by atoms with E-state index in [1.807, 2.05) is 17.8 Å². The lowest BCUT2D eigenvalue weighted by Crippen LogP contribution is -2.48. The molecule has 1 aromatic heterocycles. The number of hydrogen-bond donors (Lipinski definition) is 2. The normalized spacial score (nSPS) is 32.1. The summed E-state index contributed by atoms with van der Waals surface area (Å²) in [4.78, 5) is 6.67. The number of aliphatic hydroxyl groups is 2. The van der Waals surface area contributed by atoms with Crippen LogP contribution < -0.4 is 0 Å². The van der Waals surface area contributed by atoms with Gasteiger partial charge in [-0.2, -0.15) is 0 Å². The molecular weight excluding hydrogens is 290 g/mol. The van der Waals surface area contributed by atoms with Crippen LogP contribution in [0.1, 0.15) is 57.4 Å². The zero-order chi connectivity index (χ0) is 16.4. The topological polar surface area (TPSA) is 61.5 Å². The van der Waals surface area contributed by atoms with Gasteiger partial charge in [-0.05, 0) is 63.5 Å². The summed E-state index contributed by atoms with van der Waals surface area (Å²) in [5.74, 6) is 1.80. The van der Waals surface area contributed by atoms with Gasteiger partial charge in [-0.25, -0.2) is 4.98 Å². The molecule has 1 atom stereocenters. The lowest BCUT2D eigenvalue weighted by Gasteiger charge is -2.41. The predicted octanol–water partition coefficient (Wildman–Crippen LogP) is 2.11. The number of β-amino-alcohol motifs (C(OH)–C–C–N with tert-alkyl or cyclic N) is 1. The van der Waals surface area contributed by atoms with Crippen LogP contribution in [0.5, 0.6) is 0 Å². The van der Waals surface area contributed by atoms with Gasteiger partial charge in [-0.15, -0.1) is 0 Å². The van der Waals surface area contributed by atoms with Crippen molar-refractivity contribution in [2.45, 2.75) is 57.2 Å². The standard InChI is InChI=1S/C18H31N3O2/c1-14-3-7-18(23,8-4-14)13-21-10-5-15(6-11-21)16(22)17-19-9-12-20(17)2/h9,12,14-16,22-23H,3-8,10-11,13H2,1-2H3. The molecule has 130 valence electrons. The molecule has 1 saturated carbocycles. The van der Waals surface area contributed by atoms with Crippen molar-refractivity contribution in [3.05, 3.63) is 18.2 Å². The third-order valence-corrected chi connectivity index (χ3v) is 5.92. The van der Waals surface area contributed by atoms with Gasteiger partial charge < -0.3 is 19.7 Å². The molecule has 2 aliphatic rings. The van der Waals surface area contributed by atoms with Crippen LogP contribution in [0.4, 0.5) is 0 Å². The van der Waals surface area contributed by atoms with Crippen LogP contribution in [0, 0.1) is 11.8 Å². The Morgan fingerprint density at radius 1 is 1.26 bits per heavy atom. The lowest BCUT2D eigenvalue weighted by molar-refractivity contribution is -0.0463. The summed E-state index contributed by atoms with van der Waals surface area (Å²) < 4.78 is 1.91. The number of likely N-dealkylation sites (tertiary alicyclic amines) is 1. The number of rotatable bonds is 4. The Morgan fingerprint density at radius 2 is 1.91 bits per heavy atom. The van der Waals surface area contributed by atoms with E-state index < -0.39 is 11.7 Å². The average molecular weight is 321 g/mol. The molecule has 23 heavy (non-hydrogen) atoms. The van der Waals surface area contributed by atoms with E-state index in [0.717, 1.165) is 69.9 Å². The van der Waals surface area contributed by atoms with Crippen LogP contribution in [0.15, 0.2) is 12.4 Å². The molecule has 1 aliphatic carbocycles. The van der Waals surface area contributed by atoms with Gasteiger partial charge in [0.05, 0.1) is 5.60 Å². The molecule has 3 rings (SSSR count). The summed E-state index contributed by atoms with van der Waals surface area (Å²) in [5.41, 5.74) is -0.488. The van der Waals surface area contributed by atoms with E-state index in [4.69, 9.17) is 0 Å². The minimum absolute atomic E-state index is 0.272. The maximum Gasteiger partial charge on any atom is 0.137 e. The van der Waals surface area contributed by atoms with E-state index >= 15 is 0 Å². The van der Waals surface area contributed by atoms with Gasteiger partial charge in [0.2, 0.25) is 0 Å². The molecule has 0 radical (unpaired) electrons. The number of aromatic nitrogens is 2. The highest BCUT2D eigenvalue weighted by Crippen LogP contribution is 2.34. The summed E-state index contributed by atoms with van der Waals surface area (Å²) in [6, 6.07) is 0. The Balaban J connectivity index is 1.50. The first kappa shape index (κ1) is 16.9. The first-order valence-corrected chi connectivity index (χ1v) is 9.07. The quantitative estimate of drug-likeness (QED) is 0.891. The molecule has 1 saturated heterocycles. The fraction of sp³-hybridized carbons (Fsp3) is 0.833. The molecule has 2 fully saturated rings. The second kappa shape index (κ2) is 6.91. The van der Waals surface area contributed by atoms with Gasteiger partial charge >= 0.3 is 0 Å². The van der Waals surface area contributed by atoms with Crippen molar-refractivity contribution in [3.63, 3.8) is 0 Å². The smallest absolute Gasteiger partial charge is 0.137 e. The van der Waals surface area contributed by atoms with E-state index in [-0.39, 0.29) is 5.92 Å². The Hall–Kier alpha value is -0.910. The molecule has 1 aliphatic heterocycles. The molecule has 5 heteroatoms. The van der Waals surface area contributed by atoms with Crippen LogP contribution >= 0.6 is 0 Å². The number of aliphatic hydroxyl groups excluding tert-OH is 1. The third-order valence-electron chi connectivity index (χ3n) is 5.92. The van der Waals surface area contributed by atoms with E-state index in [1.54, 1.807) is 6.20 Å². The van der Waals surface area contributed by atoms with Gasteiger partial charge in [0.25, 0.3) is 0 Å². The Kier molecular flexibility index (Phi) is 5.09. The molecule has 2 heterocycles. The van der Waals surface area contributed by atoms with Gasteiger partial charge in [0.1, 0.15) is 11.9 Å². The SMILES string of the molecule is CC1CCC(O)(CN2CCC(C(O)c3nccn3C)CC2)CC1. The molecule has 0 aromatic carbocycles. The van der Waals surface area contributed by atoms with Crippen LogP contribution in [0.2, 0.25) is 0 Å². The van der Waals surface area contributed by atoms with E-state index in [0.29, 0.717) is 0 Å². The highest BCUT2D eigenvalue weighted by Gasteiger charge is 2.35. The van der Waals surface area contributed by atoms with Gasteiger partial charge in [0.15, 0.2) is 0 Å². The maximum absolute atomic E-state index is 10.8. The fourth-order valence-electron chi connectivity index (χ4n) is 4.17. The molecule has 1 aromatic rings. The summed E-state index contributed by atoms with van der Waals surface area (Å²) in [7, 11) is 1.93. The fourth-order valence-corrected chi connectivity index (χ4v) is 4.17. The number of aryl methyl sites for hydroxylation is 1. The minimum atomic E-state index is -0.488. The second-order valence-corrected chi connectivity index (χ2v) is 7.86. The summed E-state index contributed by atoms with van der Waals surface area (Å²) in [6.45, 7) is 5.00. The van der Waals surface area contributed by atoms with Crippen LogP contribution in [0.25, 0.3) is 0 Å². The summed E-state index contributed by atoms with van der Waals surface area (Å²) >= 11 is 0. The summed E-state index contributed by atoms with van der Waals surface area (Å²) in [6.07, 6.45) is 9.25. The number of hydrogen-bond acceptors (Lipinski definition) is 4. The van der Waals surface area contributed by atoms with E-state index in [1.165, 1.54) is 0 Å². The lowest BCUT2D eigenvalue weighted by atomic mass is 9.79. The zero-order valence-corrected chi connectivity index (χ0v) is 14.5. The number of imidazole rings is 1. The van der Waals surface area contributed by atoms with Crippen molar-refractivity contribution >= 4 is 0 Å². The van der Waals surface area contributed by atoms with Crippen LogP contribution in [-0.4, -0.2) is 49.9 Å². The van der Waals surface area contributed by atoms with Gasteiger partial charge in [-0.3, -0.25) is 0 Å². The first-order valence-electron chi connectivity index (χ1n) is 9.07. The molecule has 2 N–H and O–H groups in total. The van der Waals surface area contributed by atoms with Gasteiger partial charge in [0, 0.05) is 26.0 Å². The van der Waals surface area contributed by atoms with Crippen molar-refractivity contribution in [1.29, 1.82) is 0 Å². The minimum Gasteiger partial charge on any atom is -0.389 e. The number of nitrogens with zero attached hydrogens (tertiary/aromatic N) is 3. The molecule has 0 bridgehead atoms. The van der Waals surface area contributed by atoms with E-state index in [2.05, 4.69) is 16.8 Å². The molecule has 5 nitrogen and oxygen atoms in total. The highest BCUT2D eigenvalue weighted by molar-refractivity contribution is 4.99. The van der Waals surface area contributed by atoms with Gasteiger partial charge in [-0.1, -0.05) is 6.92 Å². The second-order valence-electron chi connectivity index (χ2n) is 7.86. The van der Waals surface area contributed by atoms with Crippen molar-refractivity contribution < 1.29 is 10.2 Å². The third kappa shape index (κ3) is 3.95. The maximum atomic E-state index is 10.8. The summed E-state index contributed by atoms with van der Waals surface area (Å²) in [5, 5.41) is 21.3. The Labute approximate surface area is 139 Å². The van der Waals surface area contributed by atoms with Crippen molar-refractivity contribution in [2.75, 3.05) is 19.6 Å². The molecular formula is C18H31N3O2. The Morgan fingerprint density at radius 3 is 2.48 bits per heavy atom. The van der Waals surface area contributed by atoms with Crippen LogP contribution in [0.3, 0.4) is 0 Å². The first-order chi connectivity index (χ1) is 11.0. The average Bonchev–Trinajstić information content (AvgIpc) is 2.97. The number of piperidine rings is 1. The van der Waals surface area contributed by atoms with Crippen molar-refractivity contribution in [2.24, 2.45) is 18.9 Å². The largest absolute Gasteiger partial charge is 0.389 e. The molecule has 1 unspecified atom stereocenters. The van der Waals surface area contributed by atoms with Crippen molar-refractivity contribution in [1.82, 2.24) is 14.5 Å². The van der Waals surface area contributed by atoms with E-state index in [9.17, 15) is 10.2 Å². The highest BCUT2D eigenvalue weighted by atomic mass is 16.3. The zero-order valence-electron chi connectivity index (χ0n) is 14.5. The monoisotopic (exact) mass is 321 g/mol. The Bertz CT molecular complexity index is 500. The van der Waals surface area contributed by atoms with Crippen LogP contribution in [-0.2, 0) is 7.05 Å². The predicted molar refractivity (Wildman–Crippen MR) is 89.9 cm³/mol. The molecule has 0 spiro atoms. The van der Waals surface area contributed by atoms with Crippen molar-refractivity contribution in [3.8, 4) is 0 Å². The molecule has 0 amide bonds.